The van der Waals surface area contributed by atoms with Gasteiger partial charge in [-0.2, -0.15) is 0 Å². The van der Waals surface area contributed by atoms with Gasteiger partial charge >= 0.3 is 0 Å². The van der Waals surface area contributed by atoms with Crippen LogP contribution in [0.25, 0.3) is 0 Å². The molecule has 6 nitrogen and oxygen atoms in total. The number of aromatic nitrogens is 1. The lowest BCUT2D eigenvalue weighted by molar-refractivity contribution is 0.0757. The Morgan fingerprint density at radius 3 is 2.69 bits per heavy atom. The molecule has 0 aliphatic carbocycles. The molecule has 2 aromatic rings. The molecule has 1 aliphatic rings. The van der Waals surface area contributed by atoms with Crippen LogP contribution in [-0.4, -0.2) is 56.6 Å². The first-order valence-corrected chi connectivity index (χ1v) is 9.04. The SMILES string of the molecule is COc1cc(C)ccc1OCCN1C[C@@H](Cc2cc(C)no2)[C@@H](OC)C1. The number of aryl methyl sites for hydroxylation is 2. The van der Waals surface area contributed by atoms with Gasteiger partial charge in [0.2, 0.25) is 0 Å². The maximum absolute atomic E-state index is 5.93. The van der Waals surface area contributed by atoms with Gasteiger partial charge in [0.25, 0.3) is 0 Å². The molecular weight excluding hydrogens is 332 g/mol. The molecule has 0 bridgehead atoms. The summed E-state index contributed by atoms with van der Waals surface area (Å²) in [7, 11) is 3.45. The van der Waals surface area contributed by atoms with E-state index in [-0.39, 0.29) is 6.10 Å². The van der Waals surface area contributed by atoms with Crippen LogP contribution in [0.4, 0.5) is 0 Å². The van der Waals surface area contributed by atoms with Gasteiger partial charge in [-0.15, -0.1) is 0 Å². The van der Waals surface area contributed by atoms with Crippen LogP contribution in [0.1, 0.15) is 17.0 Å². The van der Waals surface area contributed by atoms with Crippen LogP contribution in [-0.2, 0) is 11.2 Å². The predicted octanol–water partition coefficient (Wildman–Crippen LogP) is 2.87. The van der Waals surface area contributed by atoms with E-state index in [9.17, 15) is 0 Å². The van der Waals surface area contributed by atoms with Gasteiger partial charge in [-0.1, -0.05) is 11.2 Å². The van der Waals surface area contributed by atoms with Crippen molar-refractivity contribution >= 4 is 0 Å². The molecular formula is C20H28N2O4. The highest BCUT2D eigenvalue weighted by Crippen LogP contribution is 2.28. The molecule has 1 fully saturated rings. The molecule has 0 radical (unpaired) electrons. The number of rotatable bonds is 8. The Bertz CT molecular complexity index is 716. The van der Waals surface area contributed by atoms with Crippen molar-refractivity contribution in [1.29, 1.82) is 0 Å². The number of ether oxygens (including phenoxy) is 3. The van der Waals surface area contributed by atoms with Crippen molar-refractivity contribution in [2.45, 2.75) is 26.4 Å². The molecule has 6 heteroatoms. The van der Waals surface area contributed by atoms with Crippen molar-refractivity contribution in [2.24, 2.45) is 5.92 Å². The summed E-state index contributed by atoms with van der Waals surface area (Å²) in [5, 5.41) is 3.97. The van der Waals surface area contributed by atoms with Gasteiger partial charge in [-0.25, -0.2) is 0 Å². The van der Waals surface area contributed by atoms with Gasteiger partial charge in [-0.05, 0) is 31.5 Å². The summed E-state index contributed by atoms with van der Waals surface area (Å²) in [5.74, 6) is 2.90. The summed E-state index contributed by atoms with van der Waals surface area (Å²) < 4.78 is 22.4. The first-order chi connectivity index (χ1) is 12.6. The number of hydrogen-bond acceptors (Lipinski definition) is 6. The highest BCUT2D eigenvalue weighted by Gasteiger charge is 2.33. The zero-order chi connectivity index (χ0) is 18.5. The summed E-state index contributed by atoms with van der Waals surface area (Å²) in [4.78, 5) is 2.38. The zero-order valence-corrected chi connectivity index (χ0v) is 16.0. The minimum Gasteiger partial charge on any atom is -0.493 e. The summed E-state index contributed by atoms with van der Waals surface area (Å²) in [6, 6.07) is 7.99. The average Bonchev–Trinajstić information content (AvgIpc) is 3.22. The van der Waals surface area contributed by atoms with Crippen LogP contribution in [0, 0.1) is 19.8 Å². The van der Waals surface area contributed by atoms with E-state index in [1.54, 1.807) is 14.2 Å². The molecule has 1 aliphatic heterocycles. The maximum Gasteiger partial charge on any atom is 0.161 e. The second kappa shape index (κ2) is 8.56. The fraction of sp³-hybridized carbons (Fsp3) is 0.550. The molecule has 1 aromatic carbocycles. The minimum atomic E-state index is 0.203. The Kier molecular flexibility index (Phi) is 6.16. The van der Waals surface area contributed by atoms with Crippen LogP contribution in [0.2, 0.25) is 0 Å². The number of benzene rings is 1. The van der Waals surface area contributed by atoms with Crippen molar-refractivity contribution in [1.82, 2.24) is 10.1 Å². The van der Waals surface area contributed by atoms with E-state index in [1.165, 1.54) is 0 Å². The van der Waals surface area contributed by atoms with Crippen LogP contribution >= 0.6 is 0 Å². The van der Waals surface area contributed by atoms with E-state index in [1.807, 2.05) is 38.1 Å². The second-order valence-electron chi connectivity index (χ2n) is 6.94. The smallest absolute Gasteiger partial charge is 0.161 e. The number of methoxy groups -OCH3 is 2. The third-order valence-electron chi connectivity index (χ3n) is 4.88. The van der Waals surface area contributed by atoms with Crippen molar-refractivity contribution in [3.63, 3.8) is 0 Å². The van der Waals surface area contributed by atoms with Crippen molar-refractivity contribution < 1.29 is 18.7 Å². The van der Waals surface area contributed by atoms with Crippen LogP contribution in [0.3, 0.4) is 0 Å². The first kappa shape index (κ1) is 18.7. The molecule has 2 atom stereocenters. The van der Waals surface area contributed by atoms with Gasteiger partial charge in [0.15, 0.2) is 11.5 Å². The molecule has 0 amide bonds. The molecule has 1 aromatic heterocycles. The van der Waals surface area contributed by atoms with Gasteiger partial charge < -0.3 is 18.7 Å². The molecule has 0 N–H and O–H groups in total. The minimum absolute atomic E-state index is 0.203. The number of nitrogens with zero attached hydrogens (tertiary/aromatic N) is 2. The van der Waals surface area contributed by atoms with Crippen molar-refractivity contribution in [3.05, 3.63) is 41.3 Å². The maximum atomic E-state index is 5.93. The Balaban J connectivity index is 1.51. The normalized spacial score (nSPS) is 20.5. The largest absolute Gasteiger partial charge is 0.493 e. The van der Waals surface area contributed by atoms with E-state index < -0.39 is 0 Å². The molecule has 0 unspecified atom stereocenters. The highest BCUT2D eigenvalue weighted by molar-refractivity contribution is 5.42. The molecule has 26 heavy (non-hydrogen) atoms. The van der Waals surface area contributed by atoms with E-state index in [0.29, 0.717) is 12.5 Å². The van der Waals surface area contributed by atoms with Crippen molar-refractivity contribution in [2.75, 3.05) is 40.5 Å². The summed E-state index contributed by atoms with van der Waals surface area (Å²) in [6.45, 7) is 7.32. The van der Waals surface area contributed by atoms with Crippen LogP contribution in [0.15, 0.2) is 28.8 Å². The lowest BCUT2D eigenvalue weighted by Gasteiger charge is -2.17. The lowest BCUT2D eigenvalue weighted by Crippen LogP contribution is -2.27. The third-order valence-corrected chi connectivity index (χ3v) is 4.88. The van der Waals surface area contributed by atoms with Gasteiger partial charge in [0.1, 0.15) is 12.4 Å². The number of likely N-dealkylation sites (tertiary alicyclic amines) is 1. The highest BCUT2D eigenvalue weighted by atomic mass is 16.5. The average molecular weight is 360 g/mol. The van der Waals surface area contributed by atoms with Crippen LogP contribution in [0.5, 0.6) is 11.5 Å². The van der Waals surface area contributed by atoms with Crippen LogP contribution < -0.4 is 9.47 Å². The third kappa shape index (κ3) is 4.56. The molecule has 0 spiro atoms. The van der Waals surface area contributed by atoms with Gasteiger partial charge in [0, 0.05) is 45.1 Å². The zero-order valence-electron chi connectivity index (χ0n) is 16.0. The Hall–Kier alpha value is -2.05. The molecule has 0 saturated carbocycles. The standard InChI is InChI=1S/C20H28N2O4/c1-14-5-6-18(19(9-14)23-3)25-8-7-22-12-16(20(13-22)24-4)11-17-10-15(2)21-26-17/h5-6,9-10,16,20H,7-8,11-13H2,1-4H3/t16-,20+/m1/s1. The summed E-state index contributed by atoms with van der Waals surface area (Å²) in [5.41, 5.74) is 2.08. The van der Waals surface area contributed by atoms with Gasteiger partial charge in [-0.3, -0.25) is 4.90 Å². The Labute approximate surface area is 155 Å². The molecule has 2 heterocycles. The van der Waals surface area contributed by atoms with E-state index >= 15 is 0 Å². The fourth-order valence-electron chi connectivity index (χ4n) is 3.52. The monoisotopic (exact) mass is 360 g/mol. The van der Waals surface area contributed by atoms with Crippen molar-refractivity contribution in [3.8, 4) is 11.5 Å². The van der Waals surface area contributed by atoms with E-state index in [2.05, 4.69) is 10.1 Å². The van der Waals surface area contributed by atoms with Gasteiger partial charge in [0.05, 0.1) is 18.9 Å². The lowest BCUT2D eigenvalue weighted by atomic mass is 10.0. The predicted molar refractivity (Wildman–Crippen MR) is 98.9 cm³/mol. The van der Waals surface area contributed by atoms with E-state index in [0.717, 1.165) is 54.6 Å². The molecule has 1 saturated heterocycles. The summed E-state index contributed by atoms with van der Waals surface area (Å²) >= 11 is 0. The number of hydrogen-bond donors (Lipinski definition) is 0. The first-order valence-electron chi connectivity index (χ1n) is 9.04. The molecule has 142 valence electrons. The Morgan fingerprint density at radius 1 is 1.15 bits per heavy atom. The molecule has 3 rings (SSSR count). The van der Waals surface area contributed by atoms with E-state index in [4.69, 9.17) is 18.7 Å². The second-order valence-corrected chi connectivity index (χ2v) is 6.94. The quantitative estimate of drug-likeness (QED) is 0.721. The Morgan fingerprint density at radius 2 is 2.00 bits per heavy atom. The fourth-order valence-corrected chi connectivity index (χ4v) is 3.52. The summed E-state index contributed by atoms with van der Waals surface area (Å²) in [6.07, 6.45) is 1.05. The topological polar surface area (TPSA) is 57.0 Å².